The van der Waals surface area contributed by atoms with Crippen LogP contribution in [0.1, 0.15) is 34.1 Å². The Morgan fingerprint density at radius 1 is 1.38 bits per heavy atom. The normalized spacial score (nSPS) is 11.9. The van der Waals surface area contributed by atoms with Crippen LogP contribution < -0.4 is 5.73 Å². The van der Waals surface area contributed by atoms with Crippen molar-refractivity contribution in [1.82, 2.24) is 0 Å². The molecule has 1 unspecified atom stereocenters. The summed E-state index contributed by atoms with van der Waals surface area (Å²) >= 11 is 0. The topological polar surface area (TPSA) is 98.9 Å². The molecule has 0 aliphatic heterocycles. The molecular formula is C10H21NO5. The van der Waals surface area contributed by atoms with Crippen LogP contribution in [0.25, 0.3) is 0 Å². The van der Waals surface area contributed by atoms with E-state index in [4.69, 9.17) is 10.8 Å². The molecule has 0 aliphatic rings. The lowest BCUT2D eigenvalue weighted by Crippen LogP contribution is -2.27. The van der Waals surface area contributed by atoms with Gasteiger partial charge in [0.25, 0.3) is 0 Å². The smallest absolute Gasteiger partial charge is 0.405 e. The summed E-state index contributed by atoms with van der Waals surface area (Å²) in [5.41, 5.74) is 4.26. The first-order chi connectivity index (χ1) is 7.08. The summed E-state index contributed by atoms with van der Waals surface area (Å²) in [6.07, 6.45) is -1.24. The van der Waals surface area contributed by atoms with E-state index in [0.29, 0.717) is 0 Å². The molecule has 0 rings (SSSR count). The number of carbonyl (C=O) groups is 2. The van der Waals surface area contributed by atoms with Crippen molar-refractivity contribution in [2.75, 3.05) is 7.11 Å². The fraction of sp³-hybridized carbons (Fsp3) is 0.800. The van der Waals surface area contributed by atoms with Gasteiger partial charge in [-0.1, -0.05) is 0 Å². The van der Waals surface area contributed by atoms with Crippen molar-refractivity contribution >= 4 is 12.1 Å². The zero-order chi connectivity index (χ0) is 13.4. The quantitative estimate of drug-likeness (QED) is 0.690. The summed E-state index contributed by atoms with van der Waals surface area (Å²) < 4.78 is 8.84. The number of methoxy groups -OCH3 is 1. The number of amides is 1. The summed E-state index contributed by atoms with van der Waals surface area (Å²) in [6, 6.07) is 0. The molecule has 0 aliphatic carbocycles. The largest absolute Gasteiger partial charge is 0.469 e. The highest BCUT2D eigenvalue weighted by Gasteiger charge is 2.12. The summed E-state index contributed by atoms with van der Waals surface area (Å²) in [7, 11) is 1.30. The number of primary amides is 1. The van der Waals surface area contributed by atoms with E-state index in [0.717, 1.165) is 0 Å². The van der Waals surface area contributed by atoms with Crippen LogP contribution in [0.5, 0.6) is 0 Å². The van der Waals surface area contributed by atoms with Crippen molar-refractivity contribution in [3.05, 3.63) is 0 Å². The van der Waals surface area contributed by atoms with Gasteiger partial charge in [0.15, 0.2) is 0 Å². The first-order valence-corrected chi connectivity index (χ1v) is 4.81. The molecule has 1 atom stereocenters. The lowest BCUT2D eigenvalue weighted by molar-refractivity contribution is -0.142. The van der Waals surface area contributed by atoms with Gasteiger partial charge in [-0.25, -0.2) is 4.79 Å². The Balaban J connectivity index is 0. The molecule has 16 heavy (non-hydrogen) atoms. The van der Waals surface area contributed by atoms with Crippen molar-refractivity contribution in [1.29, 1.82) is 0 Å². The maximum absolute atomic E-state index is 10.2. The molecule has 0 fully saturated rings. The average Bonchev–Trinajstić information content (AvgIpc) is 1.98. The molecule has 0 saturated carbocycles. The molecule has 0 bridgehead atoms. The molecule has 0 aromatic heterocycles. The third-order valence-corrected chi connectivity index (χ3v) is 1.10. The van der Waals surface area contributed by atoms with E-state index in [2.05, 4.69) is 9.47 Å². The molecule has 3 N–H and O–H groups in total. The van der Waals surface area contributed by atoms with Crippen molar-refractivity contribution in [3.63, 3.8) is 0 Å². The van der Waals surface area contributed by atoms with E-state index in [9.17, 15) is 9.59 Å². The number of ether oxygens (including phenoxy) is 2. The maximum Gasteiger partial charge on any atom is 0.405 e. The maximum atomic E-state index is 10.2. The molecule has 0 radical (unpaired) electrons. The molecule has 1 amide bonds. The molecule has 0 saturated heterocycles. The number of hydrogen-bond donors (Lipinski definition) is 2. The number of hydrogen-bond acceptors (Lipinski definition) is 5. The van der Waals surface area contributed by atoms with E-state index < -0.39 is 17.8 Å². The Morgan fingerprint density at radius 3 is 1.88 bits per heavy atom. The van der Waals surface area contributed by atoms with E-state index in [-0.39, 0.29) is 12.4 Å². The van der Waals surface area contributed by atoms with E-state index >= 15 is 0 Å². The zero-order valence-corrected chi connectivity index (χ0v) is 10.4. The number of aliphatic hydroxyl groups is 1. The fourth-order valence-electron chi connectivity index (χ4n) is 0.626. The van der Waals surface area contributed by atoms with Gasteiger partial charge in [0.2, 0.25) is 0 Å². The van der Waals surface area contributed by atoms with Crippen LogP contribution >= 0.6 is 0 Å². The van der Waals surface area contributed by atoms with Crippen molar-refractivity contribution in [2.24, 2.45) is 5.73 Å². The first-order valence-electron chi connectivity index (χ1n) is 4.81. The van der Waals surface area contributed by atoms with Crippen molar-refractivity contribution < 1.29 is 24.2 Å². The molecular weight excluding hydrogens is 214 g/mol. The second-order valence-corrected chi connectivity index (χ2v) is 4.16. The highest BCUT2D eigenvalue weighted by atomic mass is 16.6. The van der Waals surface area contributed by atoms with E-state index in [1.807, 2.05) is 0 Å². The lowest BCUT2D eigenvalue weighted by Gasteiger charge is -2.16. The third kappa shape index (κ3) is 18.5. The van der Waals surface area contributed by atoms with Crippen LogP contribution in [0.4, 0.5) is 4.79 Å². The standard InChI is InChI=1S/C5H11NO2.C5H10O3/c1-5(2,3)8-4(6)7;1-4(6)3-5(7)8-2/h1-3H3,(H2,6,7);4,6H,3H2,1-2H3. The van der Waals surface area contributed by atoms with Gasteiger partial charge in [-0.2, -0.15) is 0 Å². The second kappa shape index (κ2) is 7.92. The fourth-order valence-corrected chi connectivity index (χ4v) is 0.626. The number of nitrogens with two attached hydrogens (primary N) is 1. The third-order valence-electron chi connectivity index (χ3n) is 1.10. The summed E-state index contributed by atoms with van der Waals surface area (Å²) in [6.45, 7) is 6.82. The number of esters is 1. The highest BCUT2D eigenvalue weighted by Crippen LogP contribution is 2.04. The van der Waals surface area contributed by atoms with Gasteiger partial charge in [0.05, 0.1) is 19.6 Å². The molecule has 0 aromatic rings. The van der Waals surface area contributed by atoms with Crippen LogP contribution in [-0.4, -0.2) is 36.0 Å². The molecule has 96 valence electrons. The Kier molecular flexibility index (Phi) is 8.47. The van der Waals surface area contributed by atoms with E-state index in [1.165, 1.54) is 14.0 Å². The molecule has 0 aromatic carbocycles. The van der Waals surface area contributed by atoms with Gasteiger partial charge >= 0.3 is 12.1 Å². The minimum absolute atomic E-state index is 0.0799. The van der Waals surface area contributed by atoms with Gasteiger partial charge in [0.1, 0.15) is 5.60 Å². The minimum Gasteiger partial charge on any atom is -0.469 e. The molecule has 0 heterocycles. The zero-order valence-electron chi connectivity index (χ0n) is 10.4. The number of rotatable bonds is 2. The van der Waals surface area contributed by atoms with Gasteiger partial charge in [-0.05, 0) is 27.7 Å². The van der Waals surface area contributed by atoms with Gasteiger partial charge in [-0.15, -0.1) is 0 Å². The van der Waals surface area contributed by atoms with Crippen LogP contribution in [0, 0.1) is 0 Å². The van der Waals surface area contributed by atoms with Crippen LogP contribution in [0.15, 0.2) is 0 Å². The predicted octanol–water partition coefficient (Wildman–Crippen LogP) is 0.811. The van der Waals surface area contributed by atoms with Crippen molar-refractivity contribution in [2.45, 2.75) is 45.8 Å². The Morgan fingerprint density at radius 2 is 1.81 bits per heavy atom. The molecule has 6 heteroatoms. The summed E-state index contributed by atoms with van der Waals surface area (Å²) in [4.78, 5) is 20.3. The van der Waals surface area contributed by atoms with E-state index in [1.54, 1.807) is 20.8 Å². The predicted molar refractivity (Wildman–Crippen MR) is 58.7 cm³/mol. The highest BCUT2D eigenvalue weighted by molar-refractivity contribution is 5.69. The monoisotopic (exact) mass is 235 g/mol. The van der Waals surface area contributed by atoms with Crippen LogP contribution in [0.3, 0.4) is 0 Å². The Bertz CT molecular complexity index is 220. The van der Waals surface area contributed by atoms with Crippen LogP contribution in [-0.2, 0) is 14.3 Å². The number of carbonyl (C=O) groups excluding carboxylic acids is 2. The summed E-state index contributed by atoms with van der Waals surface area (Å²) in [5, 5.41) is 8.55. The van der Waals surface area contributed by atoms with Gasteiger partial charge in [-0.3, -0.25) is 4.79 Å². The molecule has 6 nitrogen and oxygen atoms in total. The molecule has 0 spiro atoms. The Labute approximate surface area is 95.7 Å². The second-order valence-electron chi connectivity index (χ2n) is 4.16. The van der Waals surface area contributed by atoms with Crippen molar-refractivity contribution in [3.8, 4) is 0 Å². The minimum atomic E-state index is -0.725. The lowest BCUT2D eigenvalue weighted by atomic mass is 10.2. The number of aliphatic hydroxyl groups excluding tert-OH is 1. The average molecular weight is 235 g/mol. The van der Waals surface area contributed by atoms with Gasteiger partial charge in [0, 0.05) is 0 Å². The Hall–Kier alpha value is -1.30. The first kappa shape index (κ1) is 17.1. The summed E-state index contributed by atoms with van der Waals surface area (Å²) in [5.74, 6) is -0.375. The van der Waals surface area contributed by atoms with Gasteiger partial charge < -0.3 is 20.3 Å². The van der Waals surface area contributed by atoms with Crippen LogP contribution in [0.2, 0.25) is 0 Å². The SMILES string of the molecule is CC(C)(C)OC(N)=O.COC(=O)CC(C)O.